The first-order chi connectivity index (χ1) is 15.8. The van der Waals surface area contributed by atoms with Gasteiger partial charge < -0.3 is 13.7 Å². The molecule has 0 bridgehead atoms. The van der Waals surface area contributed by atoms with Crippen molar-refractivity contribution in [1.82, 2.24) is 10.2 Å². The predicted molar refractivity (Wildman–Crippen MR) is 122 cm³/mol. The summed E-state index contributed by atoms with van der Waals surface area (Å²) in [6.45, 7) is 4.44. The van der Waals surface area contributed by atoms with Crippen LogP contribution in [0.5, 0.6) is 17.2 Å². The lowest BCUT2D eigenvalue weighted by atomic mass is 10.1. The van der Waals surface area contributed by atoms with Crippen molar-refractivity contribution in [1.29, 1.82) is 0 Å². The van der Waals surface area contributed by atoms with Crippen molar-refractivity contribution in [2.45, 2.75) is 4.90 Å². The van der Waals surface area contributed by atoms with Gasteiger partial charge in [-0.3, -0.25) is 19.8 Å². The Kier molecular flexibility index (Phi) is 6.16. The molecule has 0 spiro atoms. The molecule has 11 heteroatoms. The van der Waals surface area contributed by atoms with Crippen molar-refractivity contribution in [3.63, 3.8) is 0 Å². The highest BCUT2D eigenvalue weighted by molar-refractivity contribution is 7.87. The molecule has 0 aliphatic carbocycles. The van der Waals surface area contributed by atoms with Gasteiger partial charge in [-0.2, -0.15) is 8.42 Å². The van der Waals surface area contributed by atoms with Gasteiger partial charge in [0.15, 0.2) is 16.6 Å². The van der Waals surface area contributed by atoms with Crippen LogP contribution in [0.3, 0.4) is 0 Å². The smallest absolute Gasteiger partial charge is 0.339 e. The van der Waals surface area contributed by atoms with E-state index < -0.39 is 21.9 Å². The fourth-order valence-electron chi connectivity index (χ4n) is 3.13. The molecule has 170 valence electrons. The van der Waals surface area contributed by atoms with Gasteiger partial charge in [-0.15, -0.1) is 6.58 Å². The summed E-state index contributed by atoms with van der Waals surface area (Å²) in [5.41, 5.74) is 0.381. The first-order valence-corrected chi connectivity index (χ1v) is 11.5. The number of amides is 2. The molecule has 0 unspecified atom stereocenters. The van der Waals surface area contributed by atoms with E-state index in [4.69, 9.17) is 25.9 Å². The Morgan fingerprint density at radius 2 is 1.79 bits per heavy atom. The summed E-state index contributed by atoms with van der Waals surface area (Å²) in [5, 5.41) is 2.46. The quantitative estimate of drug-likeness (QED) is 0.217. The minimum atomic E-state index is -4.12. The summed E-state index contributed by atoms with van der Waals surface area (Å²) in [7, 11) is -4.12. The van der Waals surface area contributed by atoms with Gasteiger partial charge in [0.25, 0.3) is 11.8 Å². The molecule has 0 saturated carbocycles. The fraction of sp³-hybridized carbons (Fsp3) is 0.136. The molecule has 1 fully saturated rings. The molecule has 2 aliphatic heterocycles. The SMILES string of the molecule is C=CCN1C(=O)C(=Cc2ccc(OS(=O)(=O)c3ccc4c(c3)OCCO4)cc2)C(=O)NC1=S. The van der Waals surface area contributed by atoms with Crippen LogP contribution in [0, 0.1) is 0 Å². The van der Waals surface area contributed by atoms with Crippen LogP contribution in [0.4, 0.5) is 0 Å². The Bertz CT molecular complexity index is 1280. The van der Waals surface area contributed by atoms with Crippen LogP contribution in [0.15, 0.2) is 65.6 Å². The molecule has 2 aromatic carbocycles. The zero-order valence-corrected chi connectivity index (χ0v) is 18.8. The second-order valence-corrected chi connectivity index (χ2v) is 8.87. The molecule has 0 aromatic heterocycles. The predicted octanol–water partition coefficient (Wildman–Crippen LogP) is 2.04. The van der Waals surface area contributed by atoms with E-state index in [0.717, 1.165) is 0 Å². The van der Waals surface area contributed by atoms with E-state index in [2.05, 4.69) is 11.9 Å². The molecule has 2 amide bonds. The zero-order valence-electron chi connectivity index (χ0n) is 17.1. The standard InChI is InChI=1S/C22H18N2O7S2/c1-2-9-24-21(26)17(20(25)23-22(24)32)12-14-3-5-15(6-4-14)31-33(27,28)16-7-8-18-19(13-16)30-11-10-29-18/h2-8,12-13H,1,9-11H2,(H,23,25,32). The van der Waals surface area contributed by atoms with Gasteiger partial charge in [0, 0.05) is 12.6 Å². The van der Waals surface area contributed by atoms with Crippen LogP contribution in [0.1, 0.15) is 5.56 Å². The number of carbonyl (C=O) groups is 2. The second-order valence-electron chi connectivity index (χ2n) is 6.93. The lowest BCUT2D eigenvalue weighted by molar-refractivity contribution is -0.128. The summed E-state index contributed by atoms with van der Waals surface area (Å²) in [4.78, 5) is 25.9. The first-order valence-electron chi connectivity index (χ1n) is 9.72. The number of benzene rings is 2. The van der Waals surface area contributed by atoms with Crippen LogP contribution in [0.25, 0.3) is 6.08 Å². The normalized spacial score (nSPS) is 17.0. The second kappa shape index (κ2) is 9.04. The number of carbonyl (C=O) groups excluding carboxylic acids is 2. The maximum absolute atomic E-state index is 12.6. The Labute approximate surface area is 195 Å². The minimum absolute atomic E-state index is 0.00939. The number of hydrogen-bond donors (Lipinski definition) is 1. The van der Waals surface area contributed by atoms with Gasteiger partial charge in [0.2, 0.25) is 0 Å². The minimum Gasteiger partial charge on any atom is -0.486 e. The molecule has 2 aliphatic rings. The third kappa shape index (κ3) is 4.73. The van der Waals surface area contributed by atoms with Crippen molar-refractivity contribution in [2.24, 2.45) is 0 Å². The van der Waals surface area contributed by atoms with E-state index >= 15 is 0 Å². The number of nitrogens with zero attached hydrogens (tertiary/aromatic N) is 1. The van der Waals surface area contributed by atoms with E-state index in [1.165, 1.54) is 59.5 Å². The van der Waals surface area contributed by atoms with E-state index in [0.29, 0.717) is 30.3 Å². The van der Waals surface area contributed by atoms with Gasteiger partial charge in [-0.05, 0) is 48.1 Å². The number of ether oxygens (including phenoxy) is 2. The van der Waals surface area contributed by atoms with Crippen LogP contribution in [-0.4, -0.2) is 50.0 Å². The fourth-order valence-corrected chi connectivity index (χ4v) is 4.33. The third-order valence-electron chi connectivity index (χ3n) is 4.70. The van der Waals surface area contributed by atoms with Gasteiger partial charge in [-0.1, -0.05) is 18.2 Å². The molecule has 2 heterocycles. The van der Waals surface area contributed by atoms with Gasteiger partial charge >= 0.3 is 10.1 Å². The number of hydrogen-bond acceptors (Lipinski definition) is 8. The summed E-state index contributed by atoms with van der Waals surface area (Å²) < 4.78 is 41.3. The zero-order chi connectivity index (χ0) is 23.6. The monoisotopic (exact) mass is 486 g/mol. The van der Waals surface area contributed by atoms with Crippen LogP contribution in [0.2, 0.25) is 0 Å². The average molecular weight is 487 g/mol. The van der Waals surface area contributed by atoms with Crippen molar-refractivity contribution in [3.8, 4) is 17.2 Å². The van der Waals surface area contributed by atoms with Crippen LogP contribution in [-0.2, 0) is 19.7 Å². The summed E-state index contributed by atoms with van der Waals surface area (Å²) in [6.07, 6.45) is 2.88. The van der Waals surface area contributed by atoms with E-state index in [-0.39, 0.29) is 27.9 Å². The molecule has 1 saturated heterocycles. The molecule has 0 radical (unpaired) electrons. The van der Waals surface area contributed by atoms with Crippen molar-refractivity contribution < 1.29 is 31.7 Å². The highest BCUT2D eigenvalue weighted by atomic mass is 32.2. The summed E-state index contributed by atoms with van der Waals surface area (Å²) in [6, 6.07) is 10.1. The molecular formula is C22H18N2O7S2. The Morgan fingerprint density at radius 3 is 2.48 bits per heavy atom. The number of rotatable bonds is 6. The van der Waals surface area contributed by atoms with Crippen molar-refractivity contribution in [3.05, 3.63) is 66.3 Å². The lowest BCUT2D eigenvalue weighted by Gasteiger charge is -2.27. The molecule has 33 heavy (non-hydrogen) atoms. The van der Waals surface area contributed by atoms with Crippen molar-refractivity contribution >= 4 is 45.3 Å². The number of thiocarbonyl (C=S) groups is 1. The molecular weight excluding hydrogens is 468 g/mol. The van der Waals surface area contributed by atoms with E-state index in [1.54, 1.807) is 0 Å². The lowest BCUT2D eigenvalue weighted by Crippen LogP contribution is -2.53. The van der Waals surface area contributed by atoms with Crippen LogP contribution >= 0.6 is 12.2 Å². The Hall–Kier alpha value is -3.70. The molecule has 2 aromatic rings. The Morgan fingerprint density at radius 1 is 1.09 bits per heavy atom. The largest absolute Gasteiger partial charge is 0.486 e. The van der Waals surface area contributed by atoms with Crippen LogP contribution < -0.4 is 19.0 Å². The average Bonchev–Trinajstić information content (AvgIpc) is 2.80. The molecule has 4 rings (SSSR count). The topological polar surface area (TPSA) is 111 Å². The number of nitrogens with one attached hydrogen (secondary N) is 1. The van der Waals surface area contributed by atoms with E-state index in [9.17, 15) is 18.0 Å². The molecule has 9 nitrogen and oxygen atoms in total. The number of fused-ring (bicyclic) bond motifs is 1. The maximum Gasteiger partial charge on any atom is 0.339 e. The molecule has 1 N–H and O–H groups in total. The first kappa shape index (κ1) is 22.5. The molecule has 0 atom stereocenters. The summed E-state index contributed by atoms with van der Waals surface area (Å²) >= 11 is 5.02. The van der Waals surface area contributed by atoms with Crippen molar-refractivity contribution in [2.75, 3.05) is 19.8 Å². The van der Waals surface area contributed by atoms with Gasteiger partial charge in [0.1, 0.15) is 29.4 Å². The summed E-state index contributed by atoms with van der Waals surface area (Å²) in [5.74, 6) is -0.322. The highest BCUT2D eigenvalue weighted by Crippen LogP contribution is 2.33. The Balaban J connectivity index is 1.52. The van der Waals surface area contributed by atoms with Gasteiger partial charge in [0.05, 0.1) is 0 Å². The van der Waals surface area contributed by atoms with Gasteiger partial charge in [-0.25, -0.2) is 0 Å². The maximum atomic E-state index is 12.6. The van der Waals surface area contributed by atoms with E-state index in [1.807, 2.05) is 0 Å². The highest BCUT2D eigenvalue weighted by Gasteiger charge is 2.32. The third-order valence-corrected chi connectivity index (χ3v) is 6.26.